The maximum absolute atomic E-state index is 12.0. The van der Waals surface area contributed by atoms with Crippen LogP contribution in [-0.2, 0) is 10.0 Å². The van der Waals surface area contributed by atoms with Gasteiger partial charge in [-0.15, -0.1) is 0 Å². The lowest BCUT2D eigenvalue weighted by Gasteiger charge is -2.07. The highest BCUT2D eigenvalue weighted by Crippen LogP contribution is 2.24. The number of aromatic nitrogens is 1. The number of sulfonamides is 1. The number of aromatic carboxylic acids is 1. The van der Waals surface area contributed by atoms with Gasteiger partial charge in [-0.05, 0) is 18.2 Å². The fraction of sp³-hybridized carbons (Fsp3) is 0.182. The van der Waals surface area contributed by atoms with E-state index >= 15 is 0 Å². The zero-order chi connectivity index (χ0) is 13.3. The molecule has 0 aliphatic carbocycles. The number of carboxylic acids is 1. The molecule has 0 atom stereocenters. The summed E-state index contributed by atoms with van der Waals surface area (Å²) in [6.07, 6.45) is 1.57. The monoisotopic (exact) mass is 268 g/mol. The Morgan fingerprint density at radius 1 is 1.44 bits per heavy atom. The van der Waals surface area contributed by atoms with E-state index in [-0.39, 0.29) is 17.0 Å². The molecule has 1 heterocycles. The highest BCUT2D eigenvalue weighted by molar-refractivity contribution is 7.89. The van der Waals surface area contributed by atoms with Gasteiger partial charge in [0, 0.05) is 23.6 Å². The van der Waals surface area contributed by atoms with Crippen LogP contribution in [0.2, 0.25) is 0 Å². The van der Waals surface area contributed by atoms with Crippen LogP contribution in [0.3, 0.4) is 0 Å². The largest absolute Gasteiger partial charge is 0.478 e. The molecular weight excluding hydrogens is 256 g/mol. The van der Waals surface area contributed by atoms with Gasteiger partial charge in [-0.2, -0.15) is 0 Å². The molecule has 3 N–H and O–H groups in total. The third-order valence-electron chi connectivity index (χ3n) is 2.50. The SMILES string of the molecule is CCNS(=O)(=O)c1cc(C(=O)O)cc2[nH]ccc12. The van der Waals surface area contributed by atoms with E-state index in [9.17, 15) is 13.2 Å². The van der Waals surface area contributed by atoms with Crippen molar-refractivity contribution in [2.24, 2.45) is 0 Å². The predicted octanol–water partition coefficient (Wildman–Crippen LogP) is 1.16. The van der Waals surface area contributed by atoms with Crippen LogP contribution in [0, 0.1) is 0 Å². The first kappa shape index (κ1) is 12.6. The number of hydrogen-bond acceptors (Lipinski definition) is 3. The first-order chi connectivity index (χ1) is 8.45. The van der Waals surface area contributed by atoms with E-state index in [2.05, 4.69) is 9.71 Å². The van der Waals surface area contributed by atoms with E-state index in [1.54, 1.807) is 19.2 Å². The Labute approximate surface area is 104 Å². The second-order valence-electron chi connectivity index (χ2n) is 3.72. The van der Waals surface area contributed by atoms with Crippen molar-refractivity contribution in [3.05, 3.63) is 30.0 Å². The smallest absolute Gasteiger partial charge is 0.335 e. The molecule has 7 heteroatoms. The fourth-order valence-electron chi connectivity index (χ4n) is 1.75. The second kappa shape index (κ2) is 4.43. The Balaban J connectivity index is 2.75. The third-order valence-corrected chi connectivity index (χ3v) is 4.09. The molecule has 6 nitrogen and oxygen atoms in total. The van der Waals surface area contributed by atoms with Crippen LogP contribution in [0.5, 0.6) is 0 Å². The number of carbonyl (C=O) groups is 1. The molecule has 0 saturated carbocycles. The summed E-state index contributed by atoms with van der Waals surface area (Å²) >= 11 is 0. The summed E-state index contributed by atoms with van der Waals surface area (Å²) < 4.78 is 26.4. The first-order valence-corrected chi connectivity index (χ1v) is 6.78. The molecule has 1 aromatic heterocycles. The van der Waals surface area contributed by atoms with Crippen molar-refractivity contribution >= 4 is 26.9 Å². The van der Waals surface area contributed by atoms with Gasteiger partial charge >= 0.3 is 5.97 Å². The summed E-state index contributed by atoms with van der Waals surface area (Å²) in [5.41, 5.74) is 0.410. The van der Waals surface area contributed by atoms with Crippen molar-refractivity contribution < 1.29 is 18.3 Å². The summed E-state index contributed by atoms with van der Waals surface area (Å²) in [5, 5.41) is 9.45. The minimum Gasteiger partial charge on any atom is -0.478 e. The van der Waals surface area contributed by atoms with Gasteiger partial charge in [0.2, 0.25) is 10.0 Å². The zero-order valence-electron chi connectivity index (χ0n) is 9.60. The minimum absolute atomic E-state index is 0.0273. The van der Waals surface area contributed by atoms with Crippen LogP contribution in [0.25, 0.3) is 10.9 Å². The Kier molecular flexibility index (Phi) is 3.10. The lowest BCUT2D eigenvalue weighted by atomic mass is 10.1. The van der Waals surface area contributed by atoms with E-state index in [1.807, 2.05) is 0 Å². The first-order valence-electron chi connectivity index (χ1n) is 5.30. The highest BCUT2D eigenvalue weighted by Gasteiger charge is 2.19. The van der Waals surface area contributed by atoms with Gasteiger partial charge in [0.1, 0.15) is 0 Å². The average molecular weight is 268 g/mol. The van der Waals surface area contributed by atoms with E-state index < -0.39 is 16.0 Å². The molecule has 0 radical (unpaired) electrons. The van der Waals surface area contributed by atoms with Crippen molar-refractivity contribution in [1.82, 2.24) is 9.71 Å². The Morgan fingerprint density at radius 3 is 2.78 bits per heavy atom. The van der Waals surface area contributed by atoms with Gasteiger partial charge in [0.05, 0.1) is 10.5 Å². The van der Waals surface area contributed by atoms with E-state index in [4.69, 9.17) is 5.11 Å². The number of rotatable bonds is 4. The van der Waals surface area contributed by atoms with Crippen LogP contribution in [0.15, 0.2) is 29.3 Å². The average Bonchev–Trinajstić information content (AvgIpc) is 2.74. The lowest BCUT2D eigenvalue weighted by Crippen LogP contribution is -2.23. The van der Waals surface area contributed by atoms with Crippen molar-refractivity contribution in [1.29, 1.82) is 0 Å². The second-order valence-corrected chi connectivity index (χ2v) is 5.46. The van der Waals surface area contributed by atoms with Crippen molar-refractivity contribution in [3.8, 4) is 0 Å². The van der Waals surface area contributed by atoms with Crippen LogP contribution in [0.1, 0.15) is 17.3 Å². The molecule has 18 heavy (non-hydrogen) atoms. The van der Waals surface area contributed by atoms with Gasteiger partial charge in [-0.3, -0.25) is 0 Å². The molecule has 0 aliphatic rings. The van der Waals surface area contributed by atoms with Crippen molar-refractivity contribution in [2.75, 3.05) is 6.54 Å². The van der Waals surface area contributed by atoms with Crippen molar-refractivity contribution in [2.45, 2.75) is 11.8 Å². The van der Waals surface area contributed by atoms with E-state index in [1.165, 1.54) is 6.07 Å². The summed E-state index contributed by atoms with van der Waals surface area (Å²) in [7, 11) is -3.70. The Morgan fingerprint density at radius 2 is 2.17 bits per heavy atom. The normalized spacial score (nSPS) is 11.8. The third kappa shape index (κ3) is 2.09. The summed E-state index contributed by atoms with van der Waals surface area (Å²) in [6.45, 7) is 1.90. The molecule has 0 aliphatic heterocycles. The zero-order valence-corrected chi connectivity index (χ0v) is 10.4. The highest BCUT2D eigenvalue weighted by atomic mass is 32.2. The quantitative estimate of drug-likeness (QED) is 0.774. The molecule has 96 valence electrons. The topological polar surface area (TPSA) is 99.3 Å². The Hall–Kier alpha value is -1.86. The molecule has 2 rings (SSSR count). The van der Waals surface area contributed by atoms with Crippen LogP contribution >= 0.6 is 0 Å². The number of H-pyrrole nitrogens is 1. The predicted molar refractivity (Wildman–Crippen MR) is 66.1 cm³/mol. The van der Waals surface area contributed by atoms with Crippen LogP contribution < -0.4 is 4.72 Å². The Bertz CT molecular complexity index is 703. The van der Waals surface area contributed by atoms with Gasteiger partial charge in [-0.25, -0.2) is 17.9 Å². The number of nitrogens with one attached hydrogen (secondary N) is 2. The summed E-state index contributed by atoms with van der Waals surface area (Å²) in [5.74, 6) is -1.17. The van der Waals surface area contributed by atoms with Gasteiger partial charge in [0.15, 0.2) is 0 Å². The fourth-order valence-corrected chi connectivity index (χ4v) is 3.03. The van der Waals surface area contributed by atoms with Crippen molar-refractivity contribution in [3.63, 3.8) is 0 Å². The van der Waals surface area contributed by atoms with Gasteiger partial charge in [-0.1, -0.05) is 6.92 Å². The number of aromatic amines is 1. The minimum atomic E-state index is -3.70. The molecular formula is C11H12N2O4S. The molecule has 0 unspecified atom stereocenters. The molecule has 0 bridgehead atoms. The molecule has 2 aromatic rings. The maximum atomic E-state index is 12.0. The molecule has 0 amide bonds. The molecule has 0 spiro atoms. The van der Waals surface area contributed by atoms with E-state index in [0.717, 1.165) is 6.07 Å². The summed E-state index contributed by atoms with van der Waals surface area (Å²) in [4.78, 5) is 13.8. The number of hydrogen-bond donors (Lipinski definition) is 3. The summed E-state index contributed by atoms with van der Waals surface area (Å²) in [6, 6.07) is 4.17. The van der Waals surface area contributed by atoms with Gasteiger partial charge < -0.3 is 10.1 Å². The molecule has 0 fully saturated rings. The molecule has 0 saturated heterocycles. The number of carboxylic acid groups (broad SMARTS) is 1. The standard InChI is InChI=1S/C11H12N2O4S/c1-2-13-18(16,17)10-6-7(11(14)15)5-9-8(10)3-4-12-9/h3-6,12-13H,2H2,1H3,(H,14,15). The molecule has 1 aromatic carbocycles. The van der Waals surface area contributed by atoms with Gasteiger partial charge in [0.25, 0.3) is 0 Å². The maximum Gasteiger partial charge on any atom is 0.335 e. The van der Waals surface area contributed by atoms with Crippen LogP contribution in [-0.4, -0.2) is 31.0 Å². The number of benzene rings is 1. The lowest BCUT2D eigenvalue weighted by molar-refractivity contribution is 0.0697. The van der Waals surface area contributed by atoms with E-state index in [0.29, 0.717) is 10.9 Å². The van der Waals surface area contributed by atoms with Crippen LogP contribution in [0.4, 0.5) is 0 Å². The number of fused-ring (bicyclic) bond motifs is 1.